The Kier molecular flexibility index (Phi) is 2.94. The summed E-state index contributed by atoms with van der Waals surface area (Å²) in [4.78, 5) is 8.23. The van der Waals surface area contributed by atoms with E-state index in [4.69, 9.17) is 5.11 Å². The summed E-state index contributed by atoms with van der Waals surface area (Å²) in [6.07, 6.45) is 6.86. The summed E-state index contributed by atoms with van der Waals surface area (Å²) in [5.74, 6) is 0.654. The van der Waals surface area contributed by atoms with E-state index in [0.717, 1.165) is 5.56 Å². The van der Waals surface area contributed by atoms with Gasteiger partial charge in [0.05, 0.1) is 0 Å². The van der Waals surface area contributed by atoms with E-state index in [-0.39, 0.29) is 6.61 Å². The maximum absolute atomic E-state index is 8.72. The van der Waals surface area contributed by atoms with Crippen molar-refractivity contribution in [2.45, 2.75) is 6.54 Å². The van der Waals surface area contributed by atoms with Crippen LogP contribution in [0.4, 0.5) is 0 Å². The van der Waals surface area contributed by atoms with E-state index in [2.05, 4.69) is 15.1 Å². The highest BCUT2D eigenvalue weighted by molar-refractivity contribution is 5.51. The van der Waals surface area contributed by atoms with Crippen molar-refractivity contribution < 1.29 is 9.79 Å². The molecule has 0 unspecified atom stereocenters. The molecular weight excluding hydrogens is 192 g/mol. The second kappa shape index (κ2) is 4.56. The number of aromatic nitrogens is 4. The van der Waals surface area contributed by atoms with Crippen LogP contribution >= 0.6 is 0 Å². The minimum atomic E-state index is 0.0822. The summed E-state index contributed by atoms with van der Waals surface area (Å²) in [7, 11) is 0. The van der Waals surface area contributed by atoms with Gasteiger partial charge in [-0.1, -0.05) is 4.68 Å². The molecule has 0 saturated heterocycles. The zero-order valence-corrected chi connectivity index (χ0v) is 8.11. The summed E-state index contributed by atoms with van der Waals surface area (Å²) in [5.41, 5.74) is 0.866. The van der Waals surface area contributed by atoms with Crippen molar-refractivity contribution in [1.29, 1.82) is 0 Å². The van der Waals surface area contributed by atoms with Gasteiger partial charge in [-0.2, -0.15) is 0 Å². The van der Waals surface area contributed by atoms with Gasteiger partial charge in [-0.05, 0) is 11.2 Å². The second-order valence-electron chi connectivity index (χ2n) is 2.97. The molecule has 76 valence electrons. The van der Waals surface area contributed by atoms with Crippen LogP contribution < -0.4 is 4.68 Å². The average molecular weight is 203 g/mol. The molecule has 2 aromatic rings. The van der Waals surface area contributed by atoms with Gasteiger partial charge in [-0.25, -0.2) is 9.97 Å². The molecule has 5 nitrogen and oxygen atoms in total. The van der Waals surface area contributed by atoms with Gasteiger partial charge >= 0.3 is 0 Å². The first kappa shape index (κ1) is 9.67. The Balaban J connectivity index is 2.24. The highest BCUT2D eigenvalue weighted by Crippen LogP contribution is 2.08. The molecule has 1 N–H and O–H groups in total. The number of rotatable bonds is 3. The first-order chi connectivity index (χ1) is 7.40. The Morgan fingerprint density at radius 3 is 2.67 bits per heavy atom. The summed E-state index contributed by atoms with van der Waals surface area (Å²) < 4.78 is 1.66. The molecule has 0 fully saturated rings. The molecule has 15 heavy (non-hydrogen) atoms. The van der Waals surface area contributed by atoms with Crippen molar-refractivity contribution in [1.82, 2.24) is 15.1 Å². The number of aliphatic hydroxyl groups is 1. The predicted octanol–water partition coefficient (Wildman–Crippen LogP) is -0.182. The lowest BCUT2D eigenvalue weighted by atomic mass is 10.3. The molecule has 2 aromatic heterocycles. The molecule has 0 aliphatic carbocycles. The summed E-state index contributed by atoms with van der Waals surface area (Å²) >= 11 is 0. The van der Waals surface area contributed by atoms with Gasteiger partial charge in [0.2, 0.25) is 0 Å². The third-order valence-corrected chi connectivity index (χ3v) is 1.92. The maximum Gasteiger partial charge on any atom is 0.197 e. The van der Waals surface area contributed by atoms with Crippen LogP contribution in [0.25, 0.3) is 11.4 Å². The van der Waals surface area contributed by atoms with Crippen molar-refractivity contribution in [2.24, 2.45) is 0 Å². The minimum absolute atomic E-state index is 0.0822. The lowest BCUT2D eigenvalue weighted by molar-refractivity contribution is -0.754. The highest BCUT2D eigenvalue weighted by Gasteiger charge is 2.04. The molecule has 0 aromatic carbocycles. The van der Waals surface area contributed by atoms with Crippen LogP contribution in [-0.2, 0) is 6.54 Å². The second-order valence-corrected chi connectivity index (χ2v) is 2.97. The Labute approximate surface area is 87.1 Å². The van der Waals surface area contributed by atoms with Gasteiger partial charge in [-0.3, -0.25) is 0 Å². The van der Waals surface area contributed by atoms with Gasteiger partial charge in [0, 0.05) is 24.0 Å². The third kappa shape index (κ3) is 2.32. The summed E-state index contributed by atoms with van der Waals surface area (Å²) in [5, 5.41) is 12.8. The molecule has 2 heterocycles. The monoisotopic (exact) mass is 203 g/mol. The van der Waals surface area contributed by atoms with Crippen molar-refractivity contribution in [3.8, 4) is 11.4 Å². The number of aliphatic hydroxyl groups excluding tert-OH is 1. The Bertz CT molecular complexity index is 415. The lowest BCUT2D eigenvalue weighted by Gasteiger charge is -1.96. The van der Waals surface area contributed by atoms with E-state index < -0.39 is 0 Å². The smallest absolute Gasteiger partial charge is 0.197 e. The van der Waals surface area contributed by atoms with E-state index in [1.807, 2.05) is 6.07 Å². The van der Waals surface area contributed by atoms with Crippen LogP contribution in [0.2, 0.25) is 0 Å². The first-order valence-corrected chi connectivity index (χ1v) is 4.64. The largest absolute Gasteiger partial charge is 0.390 e. The van der Waals surface area contributed by atoms with E-state index >= 15 is 0 Å². The zero-order chi connectivity index (χ0) is 10.5. The quantitative estimate of drug-likeness (QED) is 0.703. The van der Waals surface area contributed by atoms with Crippen LogP contribution in [0.5, 0.6) is 0 Å². The maximum atomic E-state index is 8.72. The molecule has 0 aliphatic rings. The van der Waals surface area contributed by atoms with Crippen molar-refractivity contribution >= 4 is 0 Å². The van der Waals surface area contributed by atoms with Gasteiger partial charge in [0.1, 0.15) is 12.8 Å². The van der Waals surface area contributed by atoms with Gasteiger partial charge in [-0.15, -0.1) is 0 Å². The standard InChI is InChI=1S/C10H11N4O/c15-7-6-14-5-2-9(8-13-14)10-11-3-1-4-12-10/h1-5,8,15H,6-7H2/q+1. The Morgan fingerprint density at radius 2 is 2.07 bits per heavy atom. The van der Waals surface area contributed by atoms with Crippen LogP contribution in [0.1, 0.15) is 0 Å². The first-order valence-electron chi connectivity index (χ1n) is 4.64. The normalized spacial score (nSPS) is 10.2. The van der Waals surface area contributed by atoms with E-state index in [9.17, 15) is 0 Å². The van der Waals surface area contributed by atoms with Gasteiger partial charge in [0.15, 0.2) is 18.6 Å². The van der Waals surface area contributed by atoms with E-state index in [0.29, 0.717) is 12.4 Å². The lowest BCUT2D eigenvalue weighted by Crippen LogP contribution is -2.38. The molecular formula is C10H11N4O+. The molecule has 0 spiro atoms. The molecule has 0 bridgehead atoms. The Morgan fingerprint density at radius 1 is 1.27 bits per heavy atom. The molecule has 0 aliphatic heterocycles. The van der Waals surface area contributed by atoms with Crippen LogP contribution in [0.15, 0.2) is 36.9 Å². The molecule has 5 heteroatoms. The third-order valence-electron chi connectivity index (χ3n) is 1.92. The van der Waals surface area contributed by atoms with Crippen LogP contribution in [-0.4, -0.2) is 26.8 Å². The van der Waals surface area contributed by atoms with E-state index in [1.165, 1.54) is 0 Å². The van der Waals surface area contributed by atoms with Gasteiger partial charge < -0.3 is 5.11 Å². The fourth-order valence-electron chi connectivity index (χ4n) is 1.20. The summed E-state index contributed by atoms with van der Waals surface area (Å²) in [6.45, 7) is 0.578. The average Bonchev–Trinajstić information content (AvgIpc) is 2.32. The van der Waals surface area contributed by atoms with Crippen molar-refractivity contribution in [3.63, 3.8) is 0 Å². The SMILES string of the molecule is OCC[n+]1ccc(-c2ncccn2)cn1. The topological polar surface area (TPSA) is 62.8 Å². The molecule has 0 saturated carbocycles. The molecule has 0 amide bonds. The number of hydrogen-bond donors (Lipinski definition) is 1. The van der Waals surface area contributed by atoms with Crippen LogP contribution in [0.3, 0.4) is 0 Å². The number of nitrogens with zero attached hydrogens (tertiary/aromatic N) is 4. The fourth-order valence-corrected chi connectivity index (χ4v) is 1.20. The van der Waals surface area contributed by atoms with E-state index in [1.54, 1.807) is 35.5 Å². The van der Waals surface area contributed by atoms with Crippen molar-refractivity contribution in [3.05, 3.63) is 36.9 Å². The summed E-state index contributed by atoms with van der Waals surface area (Å²) in [6, 6.07) is 3.64. The minimum Gasteiger partial charge on any atom is -0.390 e. The fraction of sp³-hybridized carbons (Fsp3) is 0.200. The van der Waals surface area contributed by atoms with Gasteiger partial charge in [0.25, 0.3) is 0 Å². The Hall–Kier alpha value is -1.88. The predicted molar refractivity (Wildman–Crippen MR) is 52.5 cm³/mol. The zero-order valence-electron chi connectivity index (χ0n) is 8.11. The van der Waals surface area contributed by atoms with Crippen molar-refractivity contribution in [2.75, 3.05) is 6.61 Å². The number of hydrogen-bond acceptors (Lipinski definition) is 4. The molecule has 0 atom stereocenters. The highest BCUT2D eigenvalue weighted by atomic mass is 16.3. The molecule has 2 rings (SSSR count). The van der Waals surface area contributed by atoms with Crippen LogP contribution in [0, 0.1) is 0 Å². The molecule has 0 radical (unpaired) electrons.